The number of benzene rings is 2. The maximum absolute atomic E-state index is 13.3. The summed E-state index contributed by atoms with van der Waals surface area (Å²) in [6.07, 6.45) is 4.26. The fraction of sp³-hybridized carbons (Fsp3) is 0.226. The van der Waals surface area contributed by atoms with Gasteiger partial charge in [-0.2, -0.15) is 0 Å². The molecule has 0 radical (unpaired) electrons. The van der Waals surface area contributed by atoms with E-state index in [0.717, 1.165) is 6.42 Å². The number of hydrogen-bond acceptors (Lipinski definition) is 8. The lowest BCUT2D eigenvalue weighted by Gasteiger charge is -2.15. The first kappa shape index (κ1) is 30.8. The van der Waals surface area contributed by atoms with Gasteiger partial charge < -0.3 is 35.5 Å². The normalized spacial score (nSPS) is 10.4. The molecule has 11 nitrogen and oxygen atoms in total. The number of anilines is 2. The van der Waals surface area contributed by atoms with E-state index in [4.69, 9.17) is 14.2 Å². The van der Waals surface area contributed by atoms with E-state index in [1.165, 1.54) is 24.4 Å². The quantitative estimate of drug-likeness (QED) is 0.149. The molecule has 43 heavy (non-hydrogen) atoms. The number of thiophene rings is 1. The van der Waals surface area contributed by atoms with E-state index in [9.17, 15) is 14.4 Å². The number of aromatic nitrogens is 1. The van der Waals surface area contributed by atoms with Crippen LogP contribution in [0.5, 0.6) is 17.2 Å². The van der Waals surface area contributed by atoms with Gasteiger partial charge in [0.1, 0.15) is 17.2 Å². The van der Waals surface area contributed by atoms with Gasteiger partial charge in [-0.05, 0) is 66.8 Å². The Morgan fingerprint density at radius 3 is 2.33 bits per heavy atom. The van der Waals surface area contributed by atoms with Gasteiger partial charge >= 0.3 is 6.03 Å². The maximum atomic E-state index is 13.3. The number of methoxy groups -OCH3 is 2. The van der Waals surface area contributed by atoms with Crippen molar-refractivity contribution in [3.05, 3.63) is 94.4 Å². The number of pyridine rings is 1. The number of carbonyl (C=O) groups is 3. The molecule has 0 aliphatic heterocycles. The minimum Gasteiger partial charge on any atom is -0.497 e. The average molecular weight is 604 g/mol. The first-order valence-corrected chi connectivity index (χ1v) is 14.4. The van der Waals surface area contributed by atoms with Crippen LogP contribution in [0, 0.1) is 0 Å². The SMILES string of the molecule is COc1ccc(C(=O)Nc2cnccc2NC(=O)c2ccc(OC)cc2OCCCNC(=O)NCCc2cccs2)cc1. The van der Waals surface area contributed by atoms with Crippen LogP contribution in [0.15, 0.2) is 78.4 Å². The van der Waals surface area contributed by atoms with Crippen molar-refractivity contribution in [1.29, 1.82) is 0 Å². The first-order chi connectivity index (χ1) is 21.0. The summed E-state index contributed by atoms with van der Waals surface area (Å²) >= 11 is 1.66. The van der Waals surface area contributed by atoms with Crippen molar-refractivity contribution in [1.82, 2.24) is 15.6 Å². The Hall–Kier alpha value is -5.10. The molecule has 0 fully saturated rings. The molecule has 0 spiro atoms. The van der Waals surface area contributed by atoms with Gasteiger partial charge in [0.2, 0.25) is 0 Å². The number of nitrogens with one attached hydrogen (secondary N) is 4. The zero-order valence-electron chi connectivity index (χ0n) is 23.8. The van der Waals surface area contributed by atoms with Crippen molar-refractivity contribution in [2.45, 2.75) is 12.8 Å². The summed E-state index contributed by atoms with van der Waals surface area (Å²) in [4.78, 5) is 43.5. The van der Waals surface area contributed by atoms with Gasteiger partial charge in [0.05, 0.1) is 44.0 Å². The van der Waals surface area contributed by atoms with Crippen LogP contribution < -0.4 is 35.5 Å². The Bertz CT molecular complexity index is 1510. The average Bonchev–Trinajstić information content (AvgIpc) is 3.55. The number of hydrogen-bond donors (Lipinski definition) is 4. The predicted molar refractivity (Wildman–Crippen MR) is 166 cm³/mol. The number of urea groups is 1. The molecule has 4 amide bonds. The fourth-order valence-corrected chi connectivity index (χ4v) is 4.65. The summed E-state index contributed by atoms with van der Waals surface area (Å²) in [6.45, 7) is 1.20. The molecule has 2 aromatic carbocycles. The second kappa shape index (κ2) is 15.8. The molecule has 0 saturated carbocycles. The van der Waals surface area contributed by atoms with Crippen LogP contribution in [-0.2, 0) is 6.42 Å². The van der Waals surface area contributed by atoms with Gasteiger partial charge in [-0.25, -0.2) is 4.79 Å². The van der Waals surface area contributed by atoms with Crippen molar-refractivity contribution in [2.24, 2.45) is 0 Å². The Balaban J connectivity index is 1.32. The summed E-state index contributed by atoms with van der Waals surface area (Å²) in [7, 11) is 3.07. The van der Waals surface area contributed by atoms with Crippen molar-refractivity contribution < 1.29 is 28.6 Å². The van der Waals surface area contributed by atoms with Crippen LogP contribution in [-0.4, -0.2) is 56.7 Å². The Morgan fingerprint density at radius 1 is 0.837 bits per heavy atom. The van der Waals surface area contributed by atoms with Crippen LogP contribution in [0.1, 0.15) is 32.0 Å². The number of nitrogens with zero attached hydrogens (tertiary/aromatic N) is 1. The Morgan fingerprint density at radius 2 is 1.58 bits per heavy atom. The van der Waals surface area contributed by atoms with Gasteiger partial charge in [0.15, 0.2) is 0 Å². The van der Waals surface area contributed by atoms with Gasteiger partial charge in [0, 0.05) is 35.8 Å². The van der Waals surface area contributed by atoms with Crippen LogP contribution in [0.3, 0.4) is 0 Å². The maximum Gasteiger partial charge on any atom is 0.314 e. The molecule has 4 aromatic rings. The van der Waals surface area contributed by atoms with E-state index in [1.54, 1.807) is 67.0 Å². The summed E-state index contributed by atoms with van der Waals surface area (Å²) in [5.41, 5.74) is 1.37. The van der Waals surface area contributed by atoms with Gasteiger partial charge in [-0.3, -0.25) is 14.6 Å². The molecular formula is C31H33N5O6S. The van der Waals surface area contributed by atoms with Gasteiger partial charge in [-0.1, -0.05) is 6.07 Å². The smallest absolute Gasteiger partial charge is 0.314 e. The lowest BCUT2D eigenvalue weighted by molar-refractivity contribution is 0.101. The predicted octanol–water partition coefficient (Wildman–Crippen LogP) is 4.98. The minimum atomic E-state index is -0.452. The molecular weight excluding hydrogens is 570 g/mol. The fourth-order valence-electron chi connectivity index (χ4n) is 3.94. The Kier molecular flexibility index (Phi) is 11.3. The third-order valence-corrected chi connectivity index (χ3v) is 7.14. The third-order valence-electron chi connectivity index (χ3n) is 6.20. The lowest BCUT2D eigenvalue weighted by Crippen LogP contribution is -2.37. The summed E-state index contributed by atoms with van der Waals surface area (Å²) in [6, 6.07) is 16.9. The monoisotopic (exact) mass is 603 g/mol. The molecule has 0 bridgehead atoms. The van der Waals surface area contributed by atoms with E-state index < -0.39 is 5.91 Å². The van der Waals surface area contributed by atoms with E-state index in [-0.39, 0.29) is 24.1 Å². The van der Waals surface area contributed by atoms with Crippen molar-refractivity contribution in [2.75, 3.05) is 44.5 Å². The number of amides is 4. The molecule has 4 N–H and O–H groups in total. The van der Waals surface area contributed by atoms with Crippen molar-refractivity contribution >= 4 is 40.6 Å². The Labute approximate surface area is 253 Å². The van der Waals surface area contributed by atoms with Gasteiger partial charge in [0.25, 0.3) is 11.8 Å². The number of carbonyl (C=O) groups excluding carboxylic acids is 3. The molecule has 0 atom stereocenters. The highest BCUT2D eigenvalue weighted by Gasteiger charge is 2.17. The number of ether oxygens (including phenoxy) is 3. The van der Waals surface area contributed by atoms with Crippen LogP contribution in [0.2, 0.25) is 0 Å². The standard InChI is InChI=1S/C31H33N5O6S/c1-40-22-8-6-21(7-9-22)29(37)36-27-20-32-15-13-26(27)35-30(38)25-11-10-23(41-2)19-28(25)42-17-4-14-33-31(39)34-16-12-24-5-3-18-43-24/h3,5-11,13,15,18-20H,4,12,14,16-17H2,1-2H3,(H,36,37)(H,32,35,38)(H2,33,34,39). The minimum absolute atomic E-state index is 0.245. The van der Waals surface area contributed by atoms with E-state index in [0.29, 0.717) is 53.7 Å². The number of rotatable bonds is 14. The lowest BCUT2D eigenvalue weighted by atomic mass is 10.1. The van der Waals surface area contributed by atoms with Gasteiger partial charge in [-0.15, -0.1) is 11.3 Å². The zero-order valence-corrected chi connectivity index (χ0v) is 24.7. The van der Waals surface area contributed by atoms with Crippen LogP contribution >= 0.6 is 11.3 Å². The highest BCUT2D eigenvalue weighted by molar-refractivity contribution is 7.09. The molecule has 4 rings (SSSR count). The van der Waals surface area contributed by atoms with E-state index in [2.05, 4.69) is 26.3 Å². The van der Waals surface area contributed by atoms with Crippen LogP contribution in [0.4, 0.5) is 16.2 Å². The molecule has 224 valence electrons. The van der Waals surface area contributed by atoms with Crippen molar-refractivity contribution in [3.63, 3.8) is 0 Å². The largest absolute Gasteiger partial charge is 0.497 e. The first-order valence-electron chi connectivity index (χ1n) is 13.5. The summed E-state index contributed by atoms with van der Waals surface area (Å²) < 4.78 is 16.4. The molecule has 0 saturated heterocycles. The van der Waals surface area contributed by atoms with Crippen molar-refractivity contribution in [3.8, 4) is 17.2 Å². The second-order valence-electron chi connectivity index (χ2n) is 9.13. The summed E-state index contributed by atoms with van der Waals surface area (Å²) in [5.74, 6) is 0.642. The molecule has 0 aliphatic carbocycles. The molecule has 0 unspecified atom stereocenters. The highest BCUT2D eigenvalue weighted by Crippen LogP contribution is 2.28. The zero-order chi connectivity index (χ0) is 30.4. The highest BCUT2D eigenvalue weighted by atomic mass is 32.1. The van der Waals surface area contributed by atoms with E-state index >= 15 is 0 Å². The summed E-state index contributed by atoms with van der Waals surface area (Å²) in [5, 5.41) is 13.3. The van der Waals surface area contributed by atoms with Crippen LogP contribution in [0.25, 0.3) is 0 Å². The second-order valence-corrected chi connectivity index (χ2v) is 10.2. The molecule has 0 aliphatic rings. The topological polar surface area (TPSA) is 140 Å². The van der Waals surface area contributed by atoms with E-state index in [1.807, 2.05) is 17.5 Å². The third kappa shape index (κ3) is 9.20. The molecule has 2 heterocycles. The molecule has 2 aromatic heterocycles. The molecule has 12 heteroatoms.